The van der Waals surface area contributed by atoms with Gasteiger partial charge in [0.05, 0.1) is 6.54 Å². The summed E-state index contributed by atoms with van der Waals surface area (Å²) in [5.74, 6) is 0.792. The predicted octanol–water partition coefficient (Wildman–Crippen LogP) is 1.16. The molecule has 100 valence electrons. The van der Waals surface area contributed by atoms with Gasteiger partial charge in [0.2, 0.25) is 5.91 Å². The molecule has 0 aliphatic heterocycles. The van der Waals surface area contributed by atoms with E-state index in [1.165, 1.54) is 12.8 Å². The molecule has 0 aromatic rings. The molecular formula is C13H26N2O2. The van der Waals surface area contributed by atoms with Gasteiger partial charge in [-0.25, -0.2) is 0 Å². The molecule has 0 aromatic heterocycles. The van der Waals surface area contributed by atoms with E-state index in [4.69, 9.17) is 4.74 Å². The molecule has 0 spiro atoms. The largest absolute Gasteiger partial charge is 0.385 e. The van der Waals surface area contributed by atoms with Crippen LogP contribution >= 0.6 is 0 Å². The summed E-state index contributed by atoms with van der Waals surface area (Å²) in [4.78, 5) is 11.5. The quantitative estimate of drug-likeness (QED) is 0.597. The van der Waals surface area contributed by atoms with Crippen molar-refractivity contribution in [3.63, 3.8) is 0 Å². The fourth-order valence-corrected chi connectivity index (χ4v) is 2.05. The number of hydrogen-bond donors (Lipinski definition) is 2. The van der Waals surface area contributed by atoms with Crippen LogP contribution in [-0.2, 0) is 9.53 Å². The highest BCUT2D eigenvalue weighted by Crippen LogP contribution is 2.51. The number of carbonyl (C=O) groups is 1. The van der Waals surface area contributed by atoms with E-state index >= 15 is 0 Å². The van der Waals surface area contributed by atoms with E-state index in [9.17, 15) is 4.79 Å². The Hall–Kier alpha value is -0.610. The standard InChI is InChI=1S/C13H26N2O2/c1-11(2)13(5-6-13)10-14-9-12(16)15-7-4-8-17-3/h11,14H,4-10H2,1-3H3,(H,15,16). The third-order valence-corrected chi connectivity index (χ3v) is 3.73. The van der Waals surface area contributed by atoms with Crippen LogP contribution in [0.15, 0.2) is 0 Å². The second-order valence-corrected chi connectivity index (χ2v) is 5.32. The molecule has 1 aliphatic carbocycles. The van der Waals surface area contributed by atoms with Crippen molar-refractivity contribution in [2.24, 2.45) is 11.3 Å². The summed E-state index contributed by atoms with van der Waals surface area (Å²) in [6.07, 6.45) is 3.47. The summed E-state index contributed by atoms with van der Waals surface area (Å²) in [7, 11) is 1.67. The van der Waals surface area contributed by atoms with Crippen molar-refractivity contribution >= 4 is 5.91 Å². The number of carbonyl (C=O) groups excluding carboxylic acids is 1. The third kappa shape index (κ3) is 5.04. The van der Waals surface area contributed by atoms with Crippen molar-refractivity contribution in [3.8, 4) is 0 Å². The van der Waals surface area contributed by atoms with E-state index < -0.39 is 0 Å². The van der Waals surface area contributed by atoms with Gasteiger partial charge in [-0.1, -0.05) is 13.8 Å². The Bertz CT molecular complexity index is 238. The van der Waals surface area contributed by atoms with E-state index in [-0.39, 0.29) is 5.91 Å². The van der Waals surface area contributed by atoms with Crippen molar-refractivity contribution in [1.82, 2.24) is 10.6 Å². The van der Waals surface area contributed by atoms with Gasteiger partial charge in [0.15, 0.2) is 0 Å². The van der Waals surface area contributed by atoms with Gasteiger partial charge in [-0.05, 0) is 30.6 Å². The Morgan fingerprint density at radius 1 is 1.41 bits per heavy atom. The lowest BCUT2D eigenvalue weighted by Crippen LogP contribution is -2.38. The summed E-state index contributed by atoms with van der Waals surface area (Å²) >= 11 is 0. The zero-order valence-electron chi connectivity index (χ0n) is 11.3. The molecule has 1 amide bonds. The normalized spacial score (nSPS) is 17.2. The zero-order chi connectivity index (χ0) is 12.7. The number of rotatable bonds is 9. The maximum Gasteiger partial charge on any atom is 0.233 e. The van der Waals surface area contributed by atoms with Crippen molar-refractivity contribution in [2.75, 3.05) is 33.4 Å². The van der Waals surface area contributed by atoms with Gasteiger partial charge < -0.3 is 15.4 Å². The van der Waals surface area contributed by atoms with E-state index in [0.717, 1.165) is 13.0 Å². The maximum atomic E-state index is 11.5. The summed E-state index contributed by atoms with van der Waals surface area (Å²) in [5.41, 5.74) is 0.469. The van der Waals surface area contributed by atoms with Gasteiger partial charge in [-0.3, -0.25) is 4.79 Å². The fourth-order valence-electron chi connectivity index (χ4n) is 2.05. The minimum atomic E-state index is 0.0839. The SMILES string of the molecule is COCCCNC(=O)CNCC1(C(C)C)CC1. The van der Waals surface area contributed by atoms with Crippen LogP contribution in [0.2, 0.25) is 0 Å². The first kappa shape index (κ1) is 14.5. The number of nitrogens with one attached hydrogen (secondary N) is 2. The van der Waals surface area contributed by atoms with Crippen LogP contribution in [0, 0.1) is 11.3 Å². The van der Waals surface area contributed by atoms with Crippen molar-refractivity contribution < 1.29 is 9.53 Å². The summed E-state index contributed by atoms with van der Waals surface area (Å²) in [5, 5.41) is 6.14. The Labute approximate surface area is 104 Å². The summed E-state index contributed by atoms with van der Waals surface area (Å²) in [6, 6.07) is 0. The maximum absolute atomic E-state index is 11.5. The van der Waals surface area contributed by atoms with E-state index in [1.54, 1.807) is 7.11 Å². The van der Waals surface area contributed by atoms with Crippen LogP contribution in [-0.4, -0.2) is 39.3 Å². The number of methoxy groups -OCH3 is 1. The highest BCUT2D eigenvalue weighted by atomic mass is 16.5. The second-order valence-electron chi connectivity index (χ2n) is 5.32. The molecule has 1 aliphatic rings. The molecule has 17 heavy (non-hydrogen) atoms. The smallest absolute Gasteiger partial charge is 0.233 e. The van der Waals surface area contributed by atoms with Crippen LogP contribution in [0.3, 0.4) is 0 Å². The lowest BCUT2D eigenvalue weighted by atomic mass is 9.92. The summed E-state index contributed by atoms with van der Waals surface area (Å²) in [6.45, 7) is 7.32. The van der Waals surface area contributed by atoms with Gasteiger partial charge in [0, 0.05) is 26.8 Å². The Balaban J connectivity index is 2.01. The second kappa shape index (κ2) is 6.97. The molecule has 0 atom stereocenters. The van der Waals surface area contributed by atoms with Gasteiger partial charge in [-0.2, -0.15) is 0 Å². The highest BCUT2D eigenvalue weighted by molar-refractivity contribution is 5.77. The molecule has 0 saturated heterocycles. The van der Waals surface area contributed by atoms with Crippen molar-refractivity contribution in [2.45, 2.75) is 33.1 Å². The molecule has 1 rings (SSSR count). The lowest BCUT2D eigenvalue weighted by Gasteiger charge is -2.19. The van der Waals surface area contributed by atoms with Gasteiger partial charge in [0.25, 0.3) is 0 Å². The Kier molecular flexibility index (Phi) is 5.92. The molecule has 0 unspecified atom stereocenters. The van der Waals surface area contributed by atoms with Crippen molar-refractivity contribution in [1.29, 1.82) is 0 Å². The average Bonchev–Trinajstić information content (AvgIpc) is 3.06. The molecule has 0 aromatic carbocycles. The highest BCUT2D eigenvalue weighted by Gasteiger charge is 2.44. The minimum Gasteiger partial charge on any atom is -0.385 e. The number of amides is 1. The first-order chi connectivity index (χ1) is 8.10. The molecule has 0 bridgehead atoms. The third-order valence-electron chi connectivity index (χ3n) is 3.73. The van der Waals surface area contributed by atoms with Crippen LogP contribution in [0.4, 0.5) is 0 Å². The van der Waals surface area contributed by atoms with Crippen LogP contribution in [0.1, 0.15) is 33.1 Å². The molecule has 1 saturated carbocycles. The van der Waals surface area contributed by atoms with Crippen LogP contribution in [0.5, 0.6) is 0 Å². The molecular weight excluding hydrogens is 216 g/mol. The summed E-state index contributed by atoms with van der Waals surface area (Å²) < 4.78 is 4.92. The topological polar surface area (TPSA) is 50.4 Å². The zero-order valence-corrected chi connectivity index (χ0v) is 11.3. The minimum absolute atomic E-state index is 0.0839. The fraction of sp³-hybridized carbons (Fsp3) is 0.923. The van der Waals surface area contributed by atoms with Crippen LogP contribution < -0.4 is 10.6 Å². The first-order valence-corrected chi connectivity index (χ1v) is 6.57. The molecule has 0 radical (unpaired) electrons. The van der Waals surface area contributed by atoms with Gasteiger partial charge in [0.1, 0.15) is 0 Å². The molecule has 0 heterocycles. The van der Waals surface area contributed by atoms with Crippen LogP contribution in [0.25, 0.3) is 0 Å². The predicted molar refractivity (Wildman–Crippen MR) is 68.9 cm³/mol. The molecule has 1 fully saturated rings. The first-order valence-electron chi connectivity index (χ1n) is 6.57. The van der Waals surface area contributed by atoms with Gasteiger partial charge in [-0.15, -0.1) is 0 Å². The molecule has 4 heteroatoms. The molecule has 2 N–H and O–H groups in total. The monoisotopic (exact) mass is 242 g/mol. The van der Waals surface area contributed by atoms with E-state index in [0.29, 0.717) is 31.0 Å². The van der Waals surface area contributed by atoms with Crippen molar-refractivity contribution in [3.05, 3.63) is 0 Å². The average molecular weight is 242 g/mol. The lowest BCUT2D eigenvalue weighted by molar-refractivity contribution is -0.120. The molecule has 4 nitrogen and oxygen atoms in total. The number of ether oxygens (including phenoxy) is 1. The van der Waals surface area contributed by atoms with E-state index in [2.05, 4.69) is 24.5 Å². The number of hydrogen-bond acceptors (Lipinski definition) is 3. The Morgan fingerprint density at radius 2 is 2.12 bits per heavy atom. The van der Waals surface area contributed by atoms with E-state index in [1.807, 2.05) is 0 Å². The Morgan fingerprint density at radius 3 is 2.65 bits per heavy atom. The van der Waals surface area contributed by atoms with Gasteiger partial charge >= 0.3 is 0 Å².